The third kappa shape index (κ3) is 2.07. The molecule has 0 amide bonds. The van der Waals surface area contributed by atoms with Crippen LogP contribution in [0.3, 0.4) is 0 Å². The molecule has 0 saturated carbocycles. The largest absolute Gasteiger partial charge is 0.368 e. The maximum absolute atomic E-state index is 6.01. The molecule has 1 aromatic heterocycles. The van der Waals surface area contributed by atoms with E-state index in [2.05, 4.69) is 32.7 Å². The van der Waals surface area contributed by atoms with Crippen LogP contribution in [0.2, 0.25) is 5.02 Å². The number of aryl methyl sites for hydroxylation is 1. The fraction of sp³-hybridized carbons (Fsp3) is 0.111. The Morgan fingerprint density at radius 2 is 2.20 bits per heavy atom. The Bertz CT molecular complexity index is 489. The van der Waals surface area contributed by atoms with Crippen molar-refractivity contribution in [3.8, 4) is 11.4 Å². The van der Waals surface area contributed by atoms with E-state index < -0.39 is 0 Å². The molecule has 2 aromatic rings. The molecule has 6 heteroatoms. The van der Waals surface area contributed by atoms with Crippen LogP contribution in [0.15, 0.2) is 18.2 Å². The standard InChI is InChI=1S/C9H8ClIN4/c1-15-9(12)13-8(14-15)5-2-3-7(11)6(10)4-5/h2-4H,1H3,(H2,12,13,14). The van der Waals surface area contributed by atoms with Crippen molar-refractivity contribution in [2.45, 2.75) is 0 Å². The van der Waals surface area contributed by atoms with Gasteiger partial charge in [0.15, 0.2) is 5.82 Å². The summed E-state index contributed by atoms with van der Waals surface area (Å²) in [5, 5.41) is 4.86. The second kappa shape index (κ2) is 3.97. The number of hydrogen-bond donors (Lipinski definition) is 1. The Kier molecular flexibility index (Phi) is 2.83. The summed E-state index contributed by atoms with van der Waals surface area (Å²) in [5.41, 5.74) is 6.47. The highest BCUT2D eigenvalue weighted by molar-refractivity contribution is 14.1. The lowest BCUT2D eigenvalue weighted by molar-refractivity contribution is 0.781. The van der Waals surface area contributed by atoms with E-state index in [9.17, 15) is 0 Å². The van der Waals surface area contributed by atoms with E-state index in [0.29, 0.717) is 16.8 Å². The highest BCUT2D eigenvalue weighted by Gasteiger charge is 2.08. The molecule has 0 atom stereocenters. The van der Waals surface area contributed by atoms with Gasteiger partial charge in [0.25, 0.3) is 0 Å². The molecular formula is C9H8ClIN4. The molecular weight excluding hydrogens is 326 g/mol. The van der Waals surface area contributed by atoms with E-state index in [-0.39, 0.29) is 0 Å². The third-order valence-corrected chi connectivity index (χ3v) is 3.55. The summed E-state index contributed by atoms with van der Waals surface area (Å²) in [6.07, 6.45) is 0. The first-order valence-electron chi connectivity index (χ1n) is 4.20. The molecule has 1 heterocycles. The molecule has 0 aliphatic rings. The number of benzene rings is 1. The minimum absolute atomic E-state index is 0.389. The molecule has 0 radical (unpaired) electrons. The van der Waals surface area contributed by atoms with Crippen LogP contribution in [0.1, 0.15) is 0 Å². The van der Waals surface area contributed by atoms with Crippen molar-refractivity contribution in [1.82, 2.24) is 14.8 Å². The van der Waals surface area contributed by atoms with Crippen LogP contribution < -0.4 is 5.73 Å². The average Bonchev–Trinajstić information content (AvgIpc) is 2.52. The SMILES string of the molecule is Cn1nc(-c2ccc(I)c(Cl)c2)nc1N. The number of nitrogen functional groups attached to an aromatic ring is 1. The van der Waals surface area contributed by atoms with E-state index in [4.69, 9.17) is 17.3 Å². The first-order valence-corrected chi connectivity index (χ1v) is 5.65. The van der Waals surface area contributed by atoms with Crippen LogP contribution in [0, 0.1) is 3.57 Å². The molecule has 4 nitrogen and oxygen atoms in total. The predicted octanol–water partition coefficient (Wildman–Crippen LogP) is 2.32. The maximum Gasteiger partial charge on any atom is 0.218 e. The van der Waals surface area contributed by atoms with Crippen molar-refractivity contribution < 1.29 is 0 Å². The average molecular weight is 335 g/mol. The van der Waals surface area contributed by atoms with Gasteiger partial charge in [0.2, 0.25) is 5.95 Å². The smallest absolute Gasteiger partial charge is 0.218 e. The van der Waals surface area contributed by atoms with E-state index in [1.54, 1.807) is 7.05 Å². The first kappa shape index (κ1) is 10.7. The maximum atomic E-state index is 6.01. The van der Waals surface area contributed by atoms with Crippen LogP contribution in [0.5, 0.6) is 0 Å². The minimum Gasteiger partial charge on any atom is -0.368 e. The van der Waals surface area contributed by atoms with Gasteiger partial charge in [-0.1, -0.05) is 11.6 Å². The molecule has 1 aromatic carbocycles. The Balaban J connectivity index is 2.49. The molecule has 2 N–H and O–H groups in total. The summed E-state index contributed by atoms with van der Waals surface area (Å²) in [7, 11) is 1.75. The van der Waals surface area contributed by atoms with Gasteiger partial charge in [-0.3, -0.25) is 0 Å². The zero-order valence-electron chi connectivity index (χ0n) is 7.91. The normalized spacial score (nSPS) is 10.6. The van der Waals surface area contributed by atoms with E-state index >= 15 is 0 Å². The third-order valence-electron chi connectivity index (χ3n) is 1.97. The molecule has 0 aliphatic carbocycles. The highest BCUT2D eigenvalue weighted by atomic mass is 127. The lowest BCUT2D eigenvalue weighted by Crippen LogP contribution is -1.97. The van der Waals surface area contributed by atoms with Crippen LogP contribution in [-0.4, -0.2) is 14.8 Å². The summed E-state index contributed by atoms with van der Waals surface area (Å²) in [4.78, 5) is 4.12. The van der Waals surface area contributed by atoms with Gasteiger partial charge in [-0.15, -0.1) is 5.10 Å². The predicted molar refractivity (Wildman–Crippen MR) is 68.6 cm³/mol. The summed E-state index contributed by atoms with van der Waals surface area (Å²) in [6.45, 7) is 0. The number of rotatable bonds is 1. The fourth-order valence-corrected chi connectivity index (χ4v) is 1.67. The van der Waals surface area contributed by atoms with Crippen molar-refractivity contribution in [3.05, 3.63) is 26.8 Å². The van der Waals surface area contributed by atoms with Crippen LogP contribution in [-0.2, 0) is 7.05 Å². The topological polar surface area (TPSA) is 56.7 Å². The monoisotopic (exact) mass is 334 g/mol. The van der Waals surface area contributed by atoms with Gasteiger partial charge in [-0.25, -0.2) is 4.68 Å². The van der Waals surface area contributed by atoms with E-state index in [0.717, 1.165) is 9.13 Å². The number of halogens is 2. The van der Waals surface area contributed by atoms with E-state index in [1.807, 2.05) is 18.2 Å². The van der Waals surface area contributed by atoms with Crippen molar-refractivity contribution in [2.24, 2.45) is 7.05 Å². The zero-order chi connectivity index (χ0) is 11.0. The highest BCUT2D eigenvalue weighted by Crippen LogP contribution is 2.24. The minimum atomic E-state index is 0.389. The molecule has 0 saturated heterocycles. The molecule has 0 aliphatic heterocycles. The summed E-state index contributed by atoms with van der Waals surface area (Å²) in [6, 6.07) is 5.67. The van der Waals surface area contributed by atoms with Gasteiger partial charge >= 0.3 is 0 Å². The molecule has 0 unspecified atom stereocenters. The molecule has 0 spiro atoms. The Morgan fingerprint density at radius 3 is 2.73 bits per heavy atom. The number of nitrogens with two attached hydrogens (primary N) is 1. The number of anilines is 1. The molecule has 2 rings (SSSR count). The van der Waals surface area contributed by atoms with Crippen LogP contribution in [0.4, 0.5) is 5.95 Å². The number of aromatic nitrogens is 3. The van der Waals surface area contributed by atoms with Gasteiger partial charge < -0.3 is 5.73 Å². The number of nitrogens with zero attached hydrogens (tertiary/aromatic N) is 3. The molecule has 0 bridgehead atoms. The Morgan fingerprint density at radius 1 is 1.47 bits per heavy atom. The quantitative estimate of drug-likeness (QED) is 0.814. The van der Waals surface area contributed by atoms with Crippen LogP contribution >= 0.6 is 34.2 Å². The van der Waals surface area contributed by atoms with Gasteiger partial charge in [-0.05, 0) is 40.8 Å². The van der Waals surface area contributed by atoms with E-state index in [1.165, 1.54) is 4.68 Å². The van der Waals surface area contributed by atoms with Crippen molar-refractivity contribution in [3.63, 3.8) is 0 Å². The zero-order valence-corrected chi connectivity index (χ0v) is 10.8. The summed E-state index contributed by atoms with van der Waals surface area (Å²) >= 11 is 8.18. The molecule has 0 fully saturated rings. The Hall–Kier alpha value is -0.820. The first-order chi connectivity index (χ1) is 7.08. The molecule has 78 valence electrons. The Labute approximate surface area is 106 Å². The molecule has 15 heavy (non-hydrogen) atoms. The summed E-state index contributed by atoms with van der Waals surface area (Å²) < 4.78 is 2.53. The second-order valence-corrected chi connectivity index (χ2v) is 4.62. The second-order valence-electron chi connectivity index (χ2n) is 3.05. The van der Waals surface area contributed by atoms with Gasteiger partial charge in [-0.2, -0.15) is 4.98 Å². The van der Waals surface area contributed by atoms with Gasteiger partial charge in [0.05, 0.1) is 5.02 Å². The van der Waals surface area contributed by atoms with Gasteiger partial charge in [0.1, 0.15) is 0 Å². The lowest BCUT2D eigenvalue weighted by Gasteiger charge is -1.98. The van der Waals surface area contributed by atoms with Gasteiger partial charge in [0, 0.05) is 16.2 Å². The van der Waals surface area contributed by atoms with Crippen molar-refractivity contribution in [2.75, 3.05) is 5.73 Å². The fourth-order valence-electron chi connectivity index (χ4n) is 1.15. The number of hydrogen-bond acceptors (Lipinski definition) is 3. The lowest BCUT2D eigenvalue weighted by atomic mass is 10.2. The van der Waals surface area contributed by atoms with Crippen molar-refractivity contribution >= 4 is 40.1 Å². The van der Waals surface area contributed by atoms with Crippen molar-refractivity contribution in [1.29, 1.82) is 0 Å². The summed E-state index contributed by atoms with van der Waals surface area (Å²) in [5.74, 6) is 0.980. The van der Waals surface area contributed by atoms with Crippen LogP contribution in [0.25, 0.3) is 11.4 Å².